The lowest BCUT2D eigenvalue weighted by Crippen LogP contribution is -2.49. The van der Waals surface area contributed by atoms with Gasteiger partial charge in [0.05, 0.1) is 18.9 Å². The number of nitrogens with one attached hydrogen (secondary N) is 1. The van der Waals surface area contributed by atoms with Crippen LogP contribution in [0.5, 0.6) is 5.75 Å². The monoisotopic (exact) mass is 498 g/mol. The molecule has 1 saturated heterocycles. The first-order chi connectivity index (χ1) is 16.9. The number of hydrogen-bond acceptors (Lipinski definition) is 8. The lowest BCUT2D eigenvalue weighted by Gasteiger charge is -2.36. The second-order valence-corrected chi connectivity index (χ2v) is 10.2. The van der Waals surface area contributed by atoms with Crippen LogP contribution >= 0.6 is 11.8 Å². The van der Waals surface area contributed by atoms with Crippen LogP contribution in [-0.2, 0) is 9.53 Å². The van der Waals surface area contributed by atoms with Gasteiger partial charge >= 0.3 is 5.97 Å². The molecule has 0 unspecified atom stereocenters. The highest BCUT2D eigenvalue weighted by atomic mass is 32.2. The number of aliphatic imine (C=N–C) groups is 1. The molecule has 4 rings (SSSR count). The van der Waals surface area contributed by atoms with Crippen molar-refractivity contribution in [3.8, 4) is 5.75 Å². The summed E-state index contributed by atoms with van der Waals surface area (Å²) in [6, 6.07) is 13.1. The van der Waals surface area contributed by atoms with Crippen molar-refractivity contribution >= 4 is 29.3 Å². The van der Waals surface area contributed by atoms with E-state index in [1.54, 1.807) is 23.9 Å². The number of carboxylic acids is 1. The van der Waals surface area contributed by atoms with Crippen LogP contribution in [0.25, 0.3) is 0 Å². The van der Waals surface area contributed by atoms with Crippen LogP contribution in [0.2, 0.25) is 0 Å². The summed E-state index contributed by atoms with van der Waals surface area (Å²) in [4.78, 5) is 23.1. The molecule has 2 aliphatic heterocycles. The maximum Gasteiger partial charge on any atom is 0.320 e. The van der Waals surface area contributed by atoms with E-state index in [0.29, 0.717) is 19.8 Å². The smallest absolute Gasteiger partial charge is 0.320 e. The summed E-state index contributed by atoms with van der Waals surface area (Å²) in [5.41, 5.74) is 2.00. The van der Waals surface area contributed by atoms with Crippen LogP contribution in [0.4, 0.5) is 5.69 Å². The van der Waals surface area contributed by atoms with E-state index >= 15 is 0 Å². The fourth-order valence-electron chi connectivity index (χ4n) is 4.32. The normalized spacial score (nSPS) is 16.9. The number of nitrogens with zero attached hydrogens (tertiary/aromatic N) is 3. The minimum absolute atomic E-state index is 0.0352. The van der Waals surface area contributed by atoms with Gasteiger partial charge in [-0.2, -0.15) is 0 Å². The standard InChI is InChI=1S/C26H34N4O4S/c1-18(2)24(26(32)33)27-9-15-34-16-14-29-10-12-30(13-11-29)25-20-5-3-4-6-22(20)35-23-17-19(31)7-8-21(23)28-25/h3-8,17-18,24,27,31H,9-16H2,1-2H3,(H,32,33)/t24-/m1/s1. The molecule has 1 fully saturated rings. The summed E-state index contributed by atoms with van der Waals surface area (Å²) in [7, 11) is 0. The molecule has 188 valence electrons. The van der Waals surface area contributed by atoms with Crippen molar-refractivity contribution in [3.63, 3.8) is 0 Å². The van der Waals surface area contributed by atoms with E-state index in [2.05, 4.69) is 27.2 Å². The second kappa shape index (κ2) is 11.9. The molecule has 0 aliphatic carbocycles. The Morgan fingerprint density at radius 3 is 2.63 bits per heavy atom. The number of carbonyl (C=O) groups is 1. The molecule has 9 heteroatoms. The maximum atomic E-state index is 11.2. The number of carboxylic acid groups (broad SMARTS) is 1. The van der Waals surface area contributed by atoms with Gasteiger partial charge in [-0.15, -0.1) is 0 Å². The number of ether oxygens (including phenoxy) is 1. The van der Waals surface area contributed by atoms with Crippen molar-refractivity contribution in [2.75, 3.05) is 52.5 Å². The number of aliphatic carboxylic acids is 1. The predicted octanol–water partition coefficient (Wildman–Crippen LogP) is 3.27. The number of phenols is 1. The molecule has 0 radical (unpaired) electrons. The van der Waals surface area contributed by atoms with Crippen LogP contribution < -0.4 is 5.32 Å². The predicted molar refractivity (Wildman–Crippen MR) is 138 cm³/mol. The molecule has 1 atom stereocenters. The molecule has 2 heterocycles. The summed E-state index contributed by atoms with van der Waals surface area (Å²) in [6.07, 6.45) is 0. The third-order valence-corrected chi connectivity index (χ3v) is 7.41. The van der Waals surface area contributed by atoms with Gasteiger partial charge in [-0.05, 0) is 30.2 Å². The molecule has 0 spiro atoms. The van der Waals surface area contributed by atoms with Crippen LogP contribution in [0.15, 0.2) is 57.2 Å². The van der Waals surface area contributed by atoms with Crippen LogP contribution in [-0.4, -0.2) is 90.3 Å². The molecule has 0 bridgehead atoms. The first-order valence-corrected chi connectivity index (χ1v) is 12.9. The molecule has 0 saturated carbocycles. The van der Waals surface area contributed by atoms with Crippen molar-refractivity contribution in [2.24, 2.45) is 10.9 Å². The zero-order chi connectivity index (χ0) is 24.8. The minimum Gasteiger partial charge on any atom is -0.508 e. The fourth-order valence-corrected chi connectivity index (χ4v) is 5.38. The molecule has 3 N–H and O–H groups in total. The molecule has 0 aromatic heterocycles. The van der Waals surface area contributed by atoms with Crippen molar-refractivity contribution in [2.45, 2.75) is 29.7 Å². The lowest BCUT2D eigenvalue weighted by atomic mass is 10.1. The lowest BCUT2D eigenvalue weighted by molar-refractivity contribution is -0.140. The topological polar surface area (TPSA) is 97.6 Å². The van der Waals surface area contributed by atoms with Crippen molar-refractivity contribution in [1.29, 1.82) is 0 Å². The Kier molecular flexibility index (Phi) is 8.67. The number of fused-ring (bicyclic) bond motifs is 2. The zero-order valence-corrected chi connectivity index (χ0v) is 21.1. The van der Waals surface area contributed by atoms with E-state index in [0.717, 1.165) is 59.6 Å². The Morgan fingerprint density at radius 1 is 1.11 bits per heavy atom. The van der Waals surface area contributed by atoms with Crippen LogP contribution in [0.3, 0.4) is 0 Å². The Hall–Kier alpha value is -2.59. The Balaban J connectivity index is 1.28. The van der Waals surface area contributed by atoms with Gasteiger partial charge in [0.25, 0.3) is 0 Å². The molecule has 2 aromatic rings. The summed E-state index contributed by atoms with van der Waals surface area (Å²) in [5.74, 6) is 0.449. The van der Waals surface area contributed by atoms with Gasteiger partial charge < -0.3 is 25.2 Å². The van der Waals surface area contributed by atoms with Crippen molar-refractivity contribution in [1.82, 2.24) is 15.1 Å². The molecule has 2 aliphatic rings. The Bertz CT molecular complexity index is 1050. The summed E-state index contributed by atoms with van der Waals surface area (Å²) in [5, 5.41) is 22.2. The zero-order valence-electron chi connectivity index (χ0n) is 20.3. The molecular formula is C26H34N4O4S. The van der Waals surface area contributed by atoms with Crippen LogP contribution in [0.1, 0.15) is 19.4 Å². The third kappa shape index (κ3) is 6.55. The average Bonchev–Trinajstić information content (AvgIpc) is 2.99. The number of piperazine rings is 1. The Labute approximate surface area is 211 Å². The summed E-state index contributed by atoms with van der Waals surface area (Å²) >= 11 is 1.64. The van der Waals surface area contributed by atoms with E-state index < -0.39 is 12.0 Å². The first-order valence-electron chi connectivity index (χ1n) is 12.1. The molecule has 35 heavy (non-hydrogen) atoms. The number of benzene rings is 2. The molecule has 2 aromatic carbocycles. The number of rotatable bonds is 9. The van der Waals surface area contributed by atoms with E-state index in [9.17, 15) is 15.0 Å². The molecule has 8 nitrogen and oxygen atoms in total. The Morgan fingerprint density at radius 2 is 1.89 bits per heavy atom. The van der Waals surface area contributed by atoms with Gasteiger partial charge in [0, 0.05) is 54.6 Å². The molecule has 0 amide bonds. The van der Waals surface area contributed by atoms with E-state index in [4.69, 9.17) is 9.73 Å². The van der Waals surface area contributed by atoms with E-state index in [1.165, 1.54) is 0 Å². The quantitative estimate of drug-likeness (QED) is 0.453. The van der Waals surface area contributed by atoms with Crippen molar-refractivity contribution in [3.05, 3.63) is 48.0 Å². The van der Waals surface area contributed by atoms with Gasteiger partial charge in [-0.1, -0.05) is 43.8 Å². The number of aromatic hydroxyl groups is 1. The highest BCUT2D eigenvalue weighted by Crippen LogP contribution is 2.42. The van der Waals surface area contributed by atoms with Crippen molar-refractivity contribution < 1.29 is 19.7 Å². The molecular weight excluding hydrogens is 464 g/mol. The number of hydrogen-bond donors (Lipinski definition) is 3. The van der Waals surface area contributed by atoms with Gasteiger partial charge in [-0.25, -0.2) is 4.99 Å². The maximum absolute atomic E-state index is 11.2. The third-order valence-electron chi connectivity index (χ3n) is 6.28. The van der Waals surface area contributed by atoms with E-state index in [-0.39, 0.29) is 11.7 Å². The minimum atomic E-state index is -0.820. The van der Waals surface area contributed by atoms with Gasteiger partial charge in [0.2, 0.25) is 0 Å². The highest BCUT2D eigenvalue weighted by Gasteiger charge is 2.25. The van der Waals surface area contributed by atoms with Gasteiger partial charge in [0.1, 0.15) is 17.6 Å². The number of amidine groups is 1. The van der Waals surface area contributed by atoms with E-state index in [1.807, 2.05) is 32.0 Å². The fraction of sp³-hybridized carbons (Fsp3) is 0.462. The largest absolute Gasteiger partial charge is 0.508 e. The second-order valence-electron chi connectivity index (χ2n) is 9.14. The van der Waals surface area contributed by atoms with Gasteiger partial charge in [0.15, 0.2) is 0 Å². The first kappa shape index (κ1) is 25.5. The van der Waals surface area contributed by atoms with Crippen LogP contribution in [0, 0.1) is 5.92 Å². The number of phenolic OH excluding ortho intramolecular Hbond substituents is 1. The van der Waals surface area contributed by atoms with Gasteiger partial charge in [-0.3, -0.25) is 9.69 Å². The highest BCUT2D eigenvalue weighted by molar-refractivity contribution is 7.99. The average molecular weight is 499 g/mol. The SMILES string of the molecule is CC(C)[C@@H](NCCOCCN1CCN(C2=Nc3ccc(O)cc3Sc3ccccc32)CC1)C(=O)O. The summed E-state index contributed by atoms with van der Waals surface area (Å²) < 4.78 is 5.74. The summed E-state index contributed by atoms with van der Waals surface area (Å²) in [6.45, 7) is 9.89.